The van der Waals surface area contributed by atoms with Gasteiger partial charge in [-0.15, -0.1) is 0 Å². The SMILES string of the molecule is CCCC(CC)COc1ccc(N=Cc2ccc(/C=C/C(=O)O)cc2)cc1. The molecule has 4 heteroatoms. The first-order valence-electron chi connectivity index (χ1n) is 9.38. The zero-order valence-electron chi connectivity index (χ0n) is 16.0. The number of ether oxygens (including phenoxy) is 1. The third kappa shape index (κ3) is 7.48. The summed E-state index contributed by atoms with van der Waals surface area (Å²) in [7, 11) is 0. The van der Waals surface area contributed by atoms with E-state index in [0.717, 1.165) is 41.7 Å². The summed E-state index contributed by atoms with van der Waals surface area (Å²) in [5.74, 6) is 0.530. The van der Waals surface area contributed by atoms with Gasteiger partial charge in [0.25, 0.3) is 0 Å². The summed E-state index contributed by atoms with van der Waals surface area (Å²) < 4.78 is 5.88. The molecular formula is C23H27NO3. The largest absolute Gasteiger partial charge is 0.493 e. The maximum Gasteiger partial charge on any atom is 0.328 e. The molecular weight excluding hydrogens is 338 g/mol. The number of nitrogens with zero attached hydrogens (tertiary/aromatic N) is 1. The molecule has 0 radical (unpaired) electrons. The number of carboxylic acids is 1. The van der Waals surface area contributed by atoms with Gasteiger partial charge in [-0.3, -0.25) is 4.99 Å². The second-order valence-electron chi connectivity index (χ2n) is 6.46. The molecule has 1 unspecified atom stereocenters. The molecule has 1 N–H and O–H groups in total. The molecule has 0 aliphatic carbocycles. The molecule has 142 valence electrons. The lowest BCUT2D eigenvalue weighted by Crippen LogP contribution is -2.10. The van der Waals surface area contributed by atoms with E-state index in [1.807, 2.05) is 48.5 Å². The van der Waals surface area contributed by atoms with Gasteiger partial charge < -0.3 is 9.84 Å². The van der Waals surface area contributed by atoms with Crippen LogP contribution >= 0.6 is 0 Å². The van der Waals surface area contributed by atoms with Gasteiger partial charge in [-0.25, -0.2) is 4.79 Å². The smallest absolute Gasteiger partial charge is 0.328 e. The maximum absolute atomic E-state index is 10.5. The number of aliphatic carboxylic acids is 1. The zero-order chi connectivity index (χ0) is 19.5. The van der Waals surface area contributed by atoms with Crippen LogP contribution in [-0.2, 0) is 4.79 Å². The predicted molar refractivity (Wildman–Crippen MR) is 111 cm³/mol. The van der Waals surface area contributed by atoms with Crippen molar-refractivity contribution in [3.8, 4) is 5.75 Å². The quantitative estimate of drug-likeness (QED) is 0.431. The highest BCUT2D eigenvalue weighted by Crippen LogP contribution is 2.20. The van der Waals surface area contributed by atoms with Crippen molar-refractivity contribution in [1.29, 1.82) is 0 Å². The van der Waals surface area contributed by atoms with E-state index in [1.54, 1.807) is 12.3 Å². The van der Waals surface area contributed by atoms with Crippen LogP contribution in [-0.4, -0.2) is 23.9 Å². The van der Waals surface area contributed by atoms with E-state index in [9.17, 15) is 4.79 Å². The van der Waals surface area contributed by atoms with Crippen LogP contribution in [0.5, 0.6) is 5.75 Å². The monoisotopic (exact) mass is 365 g/mol. The van der Waals surface area contributed by atoms with Crippen LogP contribution in [0, 0.1) is 5.92 Å². The lowest BCUT2D eigenvalue weighted by atomic mass is 10.0. The Kier molecular flexibility index (Phi) is 8.30. The molecule has 0 heterocycles. The van der Waals surface area contributed by atoms with Crippen molar-refractivity contribution in [3.63, 3.8) is 0 Å². The third-order valence-corrected chi connectivity index (χ3v) is 4.31. The highest BCUT2D eigenvalue weighted by Gasteiger charge is 2.06. The molecule has 0 fully saturated rings. The summed E-state index contributed by atoms with van der Waals surface area (Å²) in [6.07, 6.45) is 8.00. The zero-order valence-corrected chi connectivity index (χ0v) is 16.0. The number of benzene rings is 2. The first kappa shape index (κ1) is 20.4. The third-order valence-electron chi connectivity index (χ3n) is 4.31. The molecule has 0 aliphatic heterocycles. The Bertz CT molecular complexity index is 761. The average Bonchev–Trinajstić information content (AvgIpc) is 2.69. The van der Waals surface area contributed by atoms with Gasteiger partial charge in [0.15, 0.2) is 0 Å². The molecule has 0 aromatic heterocycles. The van der Waals surface area contributed by atoms with Gasteiger partial charge in [-0.05, 0) is 53.8 Å². The average molecular weight is 365 g/mol. The van der Waals surface area contributed by atoms with Crippen LogP contribution in [0.1, 0.15) is 44.2 Å². The fourth-order valence-electron chi connectivity index (χ4n) is 2.67. The first-order valence-corrected chi connectivity index (χ1v) is 9.38. The summed E-state index contributed by atoms with van der Waals surface area (Å²) in [5.41, 5.74) is 2.65. The minimum absolute atomic E-state index is 0.612. The second kappa shape index (κ2) is 11.0. The fourth-order valence-corrected chi connectivity index (χ4v) is 2.67. The Hall–Kier alpha value is -2.88. The Balaban J connectivity index is 1.90. The van der Waals surface area contributed by atoms with Crippen molar-refractivity contribution in [2.24, 2.45) is 10.9 Å². The van der Waals surface area contributed by atoms with Crippen LogP contribution < -0.4 is 4.74 Å². The van der Waals surface area contributed by atoms with Crippen molar-refractivity contribution < 1.29 is 14.6 Å². The van der Waals surface area contributed by atoms with E-state index in [-0.39, 0.29) is 0 Å². The van der Waals surface area contributed by atoms with Crippen LogP contribution in [0.25, 0.3) is 6.08 Å². The Morgan fingerprint density at radius 1 is 1.07 bits per heavy atom. The van der Waals surface area contributed by atoms with Gasteiger partial charge in [0.05, 0.1) is 12.3 Å². The van der Waals surface area contributed by atoms with Gasteiger partial charge in [0.1, 0.15) is 5.75 Å². The fraction of sp³-hybridized carbons (Fsp3) is 0.304. The van der Waals surface area contributed by atoms with Crippen LogP contribution in [0.3, 0.4) is 0 Å². The van der Waals surface area contributed by atoms with Crippen molar-refractivity contribution in [1.82, 2.24) is 0 Å². The van der Waals surface area contributed by atoms with Gasteiger partial charge >= 0.3 is 5.97 Å². The molecule has 4 nitrogen and oxygen atoms in total. The minimum Gasteiger partial charge on any atom is -0.493 e. The molecule has 0 bridgehead atoms. The molecule has 0 saturated heterocycles. The number of carbonyl (C=O) groups is 1. The van der Waals surface area contributed by atoms with Crippen LogP contribution in [0.2, 0.25) is 0 Å². The number of hydrogen-bond donors (Lipinski definition) is 1. The van der Waals surface area contributed by atoms with E-state index in [2.05, 4.69) is 18.8 Å². The lowest BCUT2D eigenvalue weighted by molar-refractivity contribution is -0.131. The summed E-state index contributed by atoms with van der Waals surface area (Å²) in [5, 5.41) is 8.64. The van der Waals surface area contributed by atoms with E-state index in [0.29, 0.717) is 5.92 Å². The van der Waals surface area contributed by atoms with Crippen molar-refractivity contribution in [2.45, 2.75) is 33.1 Å². The van der Waals surface area contributed by atoms with E-state index < -0.39 is 5.97 Å². The van der Waals surface area contributed by atoms with Gasteiger partial charge in [-0.1, -0.05) is 51.0 Å². The lowest BCUT2D eigenvalue weighted by Gasteiger charge is -2.14. The molecule has 2 aromatic carbocycles. The topological polar surface area (TPSA) is 58.9 Å². The summed E-state index contributed by atoms with van der Waals surface area (Å²) in [6, 6.07) is 15.3. The molecule has 2 rings (SSSR count). The molecule has 1 atom stereocenters. The number of rotatable bonds is 10. The van der Waals surface area contributed by atoms with E-state index in [1.165, 1.54) is 12.8 Å². The molecule has 0 aliphatic rings. The van der Waals surface area contributed by atoms with Gasteiger partial charge in [0, 0.05) is 12.3 Å². The maximum atomic E-state index is 10.5. The van der Waals surface area contributed by atoms with Gasteiger partial charge in [0.2, 0.25) is 0 Å². The minimum atomic E-state index is -0.955. The number of carboxylic acid groups (broad SMARTS) is 1. The molecule has 0 saturated carbocycles. The van der Waals surface area contributed by atoms with Crippen LogP contribution in [0.4, 0.5) is 5.69 Å². The van der Waals surface area contributed by atoms with Crippen molar-refractivity contribution in [3.05, 3.63) is 65.7 Å². The predicted octanol–water partition coefficient (Wildman–Crippen LogP) is 5.74. The molecule has 2 aromatic rings. The first-order chi connectivity index (χ1) is 13.1. The van der Waals surface area contributed by atoms with Crippen molar-refractivity contribution >= 4 is 23.9 Å². The van der Waals surface area contributed by atoms with E-state index >= 15 is 0 Å². The highest BCUT2D eigenvalue weighted by molar-refractivity contribution is 5.86. The second-order valence-corrected chi connectivity index (χ2v) is 6.46. The highest BCUT2D eigenvalue weighted by atomic mass is 16.5. The summed E-state index contributed by atoms with van der Waals surface area (Å²) in [6.45, 7) is 5.17. The number of aliphatic imine (C=N–C) groups is 1. The number of hydrogen-bond acceptors (Lipinski definition) is 3. The van der Waals surface area contributed by atoms with Crippen LogP contribution in [0.15, 0.2) is 59.6 Å². The Morgan fingerprint density at radius 3 is 2.33 bits per heavy atom. The van der Waals surface area contributed by atoms with Gasteiger partial charge in [-0.2, -0.15) is 0 Å². The van der Waals surface area contributed by atoms with Crippen molar-refractivity contribution in [2.75, 3.05) is 6.61 Å². The molecule has 0 amide bonds. The molecule has 27 heavy (non-hydrogen) atoms. The summed E-state index contributed by atoms with van der Waals surface area (Å²) >= 11 is 0. The summed E-state index contributed by atoms with van der Waals surface area (Å²) in [4.78, 5) is 15.0. The Labute approximate surface area is 161 Å². The standard InChI is InChI=1S/C23H27NO3/c1-3-5-18(4-2)17-27-22-13-11-21(12-14-22)24-16-20-8-6-19(7-9-20)10-15-23(25)26/h6-16,18H,3-5,17H2,1-2H3,(H,25,26)/b15-10+,24-16?. The Morgan fingerprint density at radius 2 is 1.74 bits per heavy atom. The normalized spacial score (nSPS) is 12.5. The van der Waals surface area contributed by atoms with E-state index in [4.69, 9.17) is 9.84 Å². The molecule has 0 spiro atoms.